The van der Waals surface area contributed by atoms with E-state index in [0.717, 1.165) is 13.1 Å². The standard InChI is InChI=1S/C13H30N2/c1-6-8-13(2,3)9-7-10-14-11-12-15(4)5/h14H,6-12H2,1-5H3. The minimum absolute atomic E-state index is 0.540. The van der Waals surface area contributed by atoms with Crippen molar-refractivity contribution in [2.24, 2.45) is 5.41 Å². The van der Waals surface area contributed by atoms with E-state index in [1.165, 1.54) is 32.2 Å². The Morgan fingerprint density at radius 1 is 1.07 bits per heavy atom. The van der Waals surface area contributed by atoms with Crippen molar-refractivity contribution in [3.63, 3.8) is 0 Å². The molecule has 0 aliphatic carbocycles. The van der Waals surface area contributed by atoms with Crippen LogP contribution in [0.25, 0.3) is 0 Å². The van der Waals surface area contributed by atoms with Gasteiger partial charge in [-0.2, -0.15) is 0 Å². The third kappa shape index (κ3) is 10.2. The topological polar surface area (TPSA) is 15.3 Å². The second-order valence-electron chi connectivity index (χ2n) is 5.57. The summed E-state index contributed by atoms with van der Waals surface area (Å²) in [6, 6.07) is 0. The molecule has 0 rings (SSSR count). The fourth-order valence-electron chi connectivity index (χ4n) is 1.92. The van der Waals surface area contributed by atoms with Crippen LogP contribution in [0, 0.1) is 5.41 Å². The largest absolute Gasteiger partial charge is 0.315 e. The molecule has 0 unspecified atom stereocenters. The lowest BCUT2D eigenvalue weighted by Crippen LogP contribution is -2.27. The van der Waals surface area contributed by atoms with E-state index >= 15 is 0 Å². The Bertz CT molecular complexity index is 141. The van der Waals surface area contributed by atoms with Crippen LogP contribution in [0.4, 0.5) is 0 Å². The highest BCUT2D eigenvalue weighted by Crippen LogP contribution is 2.27. The van der Waals surface area contributed by atoms with Crippen LogP contribution in [0.2, 0.25) is 0 Å². The van der Waals surface area contributed by atoms with E-state index in [1.54, 1.807) is 0 Å². The van der Waals surface area contributed by atoms with Crippen LogP contribution < -0.4 is 5.32 Å². The summed E-state index contributed by atoms with van der Waals surface area (Å²) in [5, 5.41) is 3.49. The number of rotatable bonds is 9. The molecule has 0 aromatic heterocycles. The Morgan fingerprint density at radius 3 is 2.27 bits per heavy atom. The average molecular weight is 214 g/mol. The van der Waals surface area contributed by atoms with Crippen LogP contribution in [0.15, 0.2) is 0 Å². The molecule has 1 N–H and O–H groups in total. The quantitative estimate of drug-likeness (QED) is 0.594. The molecule has 92 valence electrons. The Hall–Kier alpha value is -0.0800. The number of hydrogen-bond donors (Lipinski definition) is 1. The fraction of sp³-hybridized carbons (Fsp3) is 1.00. The first kappa shape index (κ1) is 14.9. The first-order chi connectivity index (χ1) is 6.98. The molecular weight excluding hydrogens is 184 g/mol. The minimum Gasteiger partial charge on any atom is -0.315 e. The zero-order valence-corrected chi connectivity index (χ0v) is 11.4. The molecule has 0 aromatic carbocycles. The van der Waals surface area contributed by atoms with E-state index in [1.807, 2.05) is 0 Å². The van der Waals surface area contributed by atoms with Gasteiger partial charge in [-0.05, 0) is 45.3 Å². The van der Waals surface area contributed by atoms with Gasteiger partial charge in [0.1, 0.15) is 0 Å². The van der Waals surface area contributed by atoms with E-state index in [2.05, 4.69) is 45.1 Å². The van der Waals surface area contributed by atoms with Crippen LogP contribution in [-0.4, -0.2) is 38.6 Å². The number of nitrogens with one attached hydrogen (secondary N) is 1. The molecule has 0 radical (unpaired) electrons. The zero-order valence-electron chi connectivity index (χ0n) is 11.4. The zero-order chi connectivity index (χ0) is 11.7. The van der Waals surface area contributed by atoms with Gasteiger partial charge in [-0.25, -0.2) is 0 Å². The first-order valence-electron chi connectivity index (χ1n) is 6.33. The summed E-state index contributed by atoms with van der Waals surface area (Å²) in [5.74, 6) is 0. The molecule has 2 heteroatoms. The van der Waals surface area contributed by atoms with Gasteiger partial charge in [-0.15, -0.1) is 0 Å². The van der Waals surface area contributed by atoms with Gasteiger partial charge < -0.3 is 10.2 Å². The molecule has 0 saturated carbocycles. The molecule has 0 aliphatic heterocycles. The normalized spacial score (nSPS) is 12.4. The molecule has 0 atom stereocenters. The highest BCUT2D eigenvalue weighted by molar-refractivity contribution is 4.68. The van der Waals surface area contributed by atoms with Gasteiger partial charge in [0, 0.05) is 13.1 Å². The second-order valence-corrected chi connectivity index (χ2v) is 5.57. The summed E-state index contributed by atoms with van der Waals surface area (Å²) in [5.41, 5.74) is 0.540. The maximum Gasteiger partial charge on any atom is 0.0101 e. The van der Waals surface area contributed by atoms with Crippen LogP contribution in [0.1, 0.15) is 46.5 Å². The third-order valence-corrected chi connectivity index (χ3v) is 2.87. The average Bonchev–Trinajstić information content (AvgIpc) is 2.10. The van der Waals surface area contributed by atoms with Gasteiger partial charge in [0.2, 0.25) is 0 Å². The van der Waals surface area contributed by atoms with Gasteiger partial charge in [-0.3, -0.25) is 0 Å². The maximum atomic E-state index is 3.49. The van der Waals surface area contributed by atoms with Crippen molar-refractivity contribution < 1.29 is 0 Å². The molecule has 0 aromatic rings. The van der Waals surface area contributed by atoms with Gasteiger partial charge >= 0.3 is 0 Å². The maximum absolute atomic E-state index is 3.49. The lowest BCUT2D eigenvalue weighted by molar-refractivity contribution is 0.293. The van der Waals surface area contributed by atoms with Gasteiger partial charge in [0.25, 0.3) is 0 Å². The molecule has 0 spiro atoms. The molecule has 0 bridgehead atoms. The van der Waals surface area contributed by atoms with Crippen molar-refractivity contribution in [2.45, 2.75) is 46.5 Å². The van der Waals surface area contributed by atoms with E-state index in [-0.39, 0.29) is 0 Å². The van der Waals surface area contributed by atoms with Crippen LogP contribution >= 0.6 is 0 Å². The fourth-order valence-corrected chi connectivity index (χ4v) is 1.92. The molecular formula is C13H30N2. The molecule has 0 fully saturated rings. The molecule has 2 nitrogen and oxygen atoms in total. The highest BCUT2D eigenvalue weighted by Gasteiger charge is 2.15. The summed E-state index contributed by atoms with van der Waals surface area (Å²) < 4.78 is 0. The van der Waals surface area contributed by atoms with Crippen LogP contribution in [0.3, 0.4) is 0 Å². The summed E-state index contributed by atoms with van der Waals surface area (Å²) in [4.78, 5) is 2.22. The van der Waals surface area contributed by atoms with Crippen LogP contribution in [-0.2, 0) is 0 Å². The predicted octanol–water partition coefficient (Wildman–Crippen LogP) is 2.74. The van der Waals surface area contributed by atoms with Gasteiger partial charge in [0.05, 0.1) is 0 Å². The summed E-state index contributed by atoms with van der Waals surface area (Å²) in [6.45, 7) is 10.5. The summed E-state index contributed by atoms with van der Waals surface area (Å²) in [6.07, 6.45) is 5.31. The van der Waals surface area contributed by atoms with E-state index in [0.29, 0.717) is 5.41 Å². The molecule has 15 heavy (non-hydrogen) atoms. The Kier molecular flexibility index (Phi) is 8.07. The van der Waals surface area contributed by atoms with Crippen molar-refractivity contribution in [2.75, 3.05) is 33.7 Å². The summed E-state index contributed by atoms with van der Waals surface area (Å²) >= 11 is 0. The lowest BCUT2D eigenvalue weighted by atomic mass is 9.83. The minimum atomic E-state index is 0.540. The van der Waals surface area contributed by atoms with E-state index in [4.69, 9.17) is 0 Å². The van der Waals surface area contributed by atoms with Crippen molar-refractivity contribution >= 4 is 0 Å². The molecule has 0 saturated heterocycles. The van der Waals surface area contributed by atoms with Crippen molar-refractivity contribution in [3.05, 3.63) is 0 Å². The third-order valence-electron chi connectivity index (χ3n) is 2.87. The van der Waals surface area contributed by atoms with Gasteiger partial charge in [-0.1, -0.05) is 27.2 Å². The van der Waals surface area contributed by atoms with Crippen LogP contribution in [0.5, 0.6) is 0 Å². The molecule has 0 aliphatic rings. The second kappa shape index (κ2) is 8.12. The van der Waals surface area contributed by atoms with Crippen molar-refractivity contribution in [3.8, 4) is 0 Å². The lowest BCUT2D eigenvalue weighted by Gasteiger charge is -2.23. The van der Waals surface area contributed by atoms with Crippen molar-refractivity contribution in [1.29, 1.82) is 0 Å². The Labute approximate surface area is 96.4 Å². The highest BCUT2D eigenvalue weighted by atomic mass is 15.1. The van der Waals surface area contributed by atoms with Crippen molar-refractivity contribution in [1.82, 2.24) is 10.2 Å². The summed E-state index contributed by atoms with van der Waals surface area (Å²) in [7, 11) is 4.23. The number of likely N-dealkylation sites (N-methyl/N-ethyl adjacent to an activating group) is 1. The smallest absolute Gasteiger partial charge is 0.0101 e. The number of hydrogen-bond acceptors (Lipinski definition) is 2. The SMILES string of the molecule is CCCC(C)(C)CCCNCCN(C)C. The Morgan fingerprint density at radius 2 is 1.73 bits per heavy atom. The van der Waals surface area contributed by atoms with E-state index < -0.39 is 0 Å². The Balaban J connectivity index is 3.30. The monoisotopic (exact) mass is 214 g/mol. The predicted molar refractivity (Wildman–Crippen MR) is 69.3 cm³/mol. The van der Waals surface area contributed by atoms with E-state index in [9.17, 15) is 0 Å². The molecule has 0 heterocycles. The first-order valence-corrected chi connectivity index (χ1v) is 6.33. The molecule has 0 amide bonds. The van der Waals surface area contributed by atoms with Gasteiger partial charge in [0.15, 0.2) is 0 Å². The number of nitrogens with zero attached hydrogens (tertiary/aromatic N) is 1.